The summed E-state index contributed by atoms with van der Waals surface area (Å²) in [5.74, 6) is 1.76. The van der Waals surface area contributed by atoms with Gasteiger partial charge in [0.25, 0.3) is 0 Å². The molecule has 0 saturated heterocycles. The molecule has 0 aliphatic rings. The minimum Gasteiger partial charge on any atom is -0.256 e. The molecule has 2 heterocycles. The van der Waals surface area contributed by atoms with E-state index in [1.807, 2.05) is 30.3 Å². The number of halogens is 1. The Kier molecular flexibility index (Phi) is 3.64. The maximum absolute atomic E-state index is 4.36. The Morgan fingerprint density at radius 1 is 0.833 bits per heavy atom. The van der Waals surface area contributed by atoms with Crippen molar-refractivity contribution in [1.82, 2.24) is 25.1 Å². The lowest BCUT2D eigenvalue weighted by atomic mass is 10.2. The van der Waals surface area contributed by atoms with Gasteiger partial charge < -0.3 is 0 Å². The van der Waals surface area contributed by atoms with Gasteiger partial charge in [0.05, 0.1) is 0 Å². The van der Waals surface area contributed by atoms with Crippen LogP contribution in [0.15, 0.2) is 48.8 Å². The van der Waals surface area contributed by atoms with Crippen LogP contribution in [0.4, 0.5) is 0 Å². The van der Waals surface area contributed by atoms with Crippen molar-refractivity contribution >= 4 is 12.4 Å². The van der Waals surface area contributed by atoms with Crippen molar-refractivity contribution in [1.29, 1.82) is 0 Å². The molecule has 0 fully saturated rings. The lowest BCUT2D eigenvalue weighted by Crippen LogP contribution is -1.88. The van der Waals surface area contributed by atoms with Gasteiger partial charge in [0, 0.05) is 18.0 Å². The predicted octanol–water partition coefficient (Wildman–Crippen LogP) is 2.35. The van der Waals surface area contributed by atoms with Gasteiger partial charge in [-0.05, 0) is 6.07 Å². The van der Waals surface area contributed by atoms with Gasteiger partial charge in [-0.2, -0.15) is 5.10 Å². The van der Waals surface area contributed by atoms with Gasteiger partial charge in [0.1, 0.15) is 0 Å². The summed E-state index contributed by atoms with van der Waals surface area (Å²) >= 11 is 0. The monoisotopic (exact) mass is 259 g/mol. The van der Waals surface area contributed by atoms with E-state index in [1.165, 1.54) is 0 Å². The lowest BCUT2D eigenvalue weighted by Gasteiger charge is -1.92. The number of nitrogens with zero attached hydrogens (tertiary/aromatic N) is 4. The Morgan fingerprint density at radius 3 is 2.28 bits per heavy atom. The van der Waals surface area contributed by atoms with Crippen molar-refractivity contribution < 1.29 is 0 Å². The fourth-order valence-electron chi connectivity index (χ4n) is 1.50. The zero-order valence-electron chi connectivity index (χ0n) is 9.32. The standard InChI is InChI=1S/C12H9N5.ClH/c1-2-5-9(6-3-1)10-15-12(17-16-10)11-13-7-4-8-14-11;/h1-8H,(H,15,16,17);1H. The first-order valence-corrected chi connectivity index (χ1v) is 5.19. The van der Waals surface area contributed by atoms with Gasteiger partial charge in [-0.1, -0.05) is 30.3 Å². The minimum absolute atomic E-state index is 0. The number of benzene rings is 1. The molecule has 90 valence electrons. The molecule has 0 atom stereocenters. The number of H-pyrrole nitrogens is 1. The Morgan fingerprint density at radius 2 is 1.56 bits per heavy atom. The zero-order valence-corrected chi connectivity index (χ0v) is 10.1. The van der Waals surface area contributed by atoms with Crippen LogP contribution in [0.25, 0.3) is 23.0 Å². The third-order valence-electron chi connectivity index (χ3n) is 2.29. The third-order valence-corrected chi connectivity index (χ3v) is 2.29. The minimum atomic E-state index is 0. The number of hydrogen-bond donors (Lipinski definition) is 1. The first kappa shape index (κ1) is 12.2. The number of rotatable bonds is 2. The zero-order chi connectivity index (χ0) is 11.5. The third kappa shape index (κ3) is 2.36. The maximum Gasteiger partial charge on any atom is 0.197 e. The smallest absolute Gasteiger partial charge is 0.197 e. The normalized spacial score (nSPS) is 9.78. The van der Waals surface area contributed by atoms with E-state index < -0.39 is 0 Å². The van der Waals surface area contributed by atoms with Crippen molar-refractivity contribution in [2.45, 2.75) is 0 Å². The molecule has 6 heteroatoms. The van der Waals surface area contributed by atoms with Crippen LogP contribution in [0.2, 0.25) is 0 Å². The van der Waals surface area contributed by atoms with Crippen LogP contribution in [0.3, 0.4) is 0 Å². The van der Waals surface area contributed by atoms with Gasteiger partial charge in [0.2, 0.25) is 0 Å². The van der Waals surface area contributed by atoms with E-state index in [1.54, 1.807) is 18.5 Å². The SMILES string of the molecule is Cl.c1ccc(-c2n[nH]c(-c3ncccn3)n2)cc1. The fraction of sp³-hybridized carbons (Fsp3) is 0. The first-order valence-electron chi connectivity index (χ1n) is 5.19. The summed E-state index contributed by atoms with van der Waals surface area (Å²) < 4.78 is 0. The lowest BCUT2D eigenvalue weighted by molar-refractivity contribution is 1.06. The van der Waals surface area contributed by atoms with Crippen molar-refractivity contribution in [2.24, 2.45) is 0 Å². The molecule has 0 bridgehead atoms. The first-order chi connectivity index (χ1) is 8.43. The van der Waals surface area contributed by atoms with Crippen LogP contribution in [-0.4, -0.2) is 25.1 Å². The molecule has 5 nitrogen and oxygen atoms in total. The van der Waals surface area contributed by atoms with Crippen LogP contribution in [-0.2, 0) is 0 Å². The summed E-state index contributed by atoms with van der Waals surface area (Å²) in [5, 5.41) is 6.98. The van der Waals surface area contributed by atoms with E-state index in [9.17, 15) is 0 Å². The second-order valence-corrected chi connectivity index (χ2v) is 3.45. The summed E-state index contributed by atoms with van der Waals surface area (Å²) in [7, 11) is 0. The van der Waals surface area contributed by atoms with E-state index in [0.717, 1.165) is 5.56 Å². The van der Waals surface area contributed by atoms with Gasteiger partial charge in [-0.15, -0.1) is 12.4 Å². The molecule has 0 spiro atoms. The highest BCUT2D eigenvalue weighted by atomic mass is 35.5. The Bertz CT molecular complexity index is 555. The molecule has 3 rings (SSSR count). The van der Waals surface area contributed by atoms with E-state index in [-0.39, 0.29) is 12.4 Å². The van der Waals surface area contributed by atoms with Crippen molar-refractivity contribution in [2.75, 3.05) is 0 Å². The highest BCUT2D eigenvalue weighted by Gasteiger charge is 2.08. The topological polar surface area (TPSA) is 67.3 Å². The molecule has 0 aliphatic heterocycles. The quantitative estimate of drug-likeness (QED) is 0.767. The summed E-state index contributed by atoms with van der Waals surface area (Å²) in [4.78, 5) is 12.6. The van der Waals surface area contributed by atoms with Gasteiger partial charge in [-0.3, -0.25) is 5.10 Å². The number of aromatic amines is 1. The molecular weight excluding hydrogens is 250 g/mol. The molecule has 1 aromatic carbocycles. The second kappa shape index (κ2) is 5.37. The molecule has 0 aliphatic carbocycles. The molecule has 0 unspecified atom stereocenters. The number of aromatic nitrogens is 5. The van der Waals surface area contributed by atoms with E-state index in [4.69, 9.17) is 0 Å². The Labute approximate surface area is 110 Å². The molecule has 0 amide bonds. The average molecular weight is 260 g/mol. The average Bonchev–Trinajstić information content (AvgIpc) is 2.90. The molecule has 3 aromatic rings. The molecular formula is C12H10ClN5. The summed E-state index contributed by atoms with van der Waals surface area (Å²) in [6.07, 6.45) is 3.35. The number of hydrogen-bond acceptors (Lipinski definition) is 4. The van der Waals surface area contributed by atoms with Crippen LogP contribution < -0.4 is 0 Å². The predicted molar refractivity (Wildman–Crippen MR) is 70.1 cm³/mol. The van der Waals surface area contributed by atoms with Crippen molar-refractivity contribution in [3.8, 4) is 23.0 Å². The Balaban J connectivity index is 0.00000120. The highest BCUT2D eigenvalue weighted by Crippen LogP contribution is 2.16. The number of nitrogens with one attached hydrogen (secondary N) is 1. The maximum atomic E-state index is 4.36. The molecule has 0 radical (unpaired) electrons. The van der Waals surface area contributed by atoms with Crippen molar-refractivity contribution in [3.63, 3.8) is 0 Å². The van der Waals surface area contributed by atoms with Crippen LogP contribution in [0, 0.1) is 0 Å². The van der Waals surface area contributed by atoms with Crippen LogP contribution >= 0.6 is 12.4 Å². The van der Waals surface area contributed by atoms with Crippen LogP contribution in [0.5, 0.6) is 0 Å². The fourth-order valence-corrected chi connectivity index (χ4v) is 1.50. The van der Waals surface area contributed by atoms with Gasteiger partial charge in [0.15, 0.2) is 17.5 Å². The van der Waals surface area contributed by atoms with E-state index >= 15 is 0 Å². The highest BCUT2D eigenvalue weighted by molar-refractivity contribution is 5.85. The molecule has 0 saturated carbocycles. The second-order valence-electron chi connectivity index (χ2n) is 3.45. The summed E-state index contributed by atoms with van der Waals surface area (Å²) in [5.41, 5.74) is 0.964. The summed E-state index contributed by atoms with van der Waals surface area (Å²) in [6.45, 7) is 0. The van der Waals surface area contributed by atoms with E-state index in [0.29, 0.717) is 17.5 Å². The largest absolute Gasteiger partial charge is 0.256 e. The van der Waals surface area contributed by atoms with Gasteiger partial charge >= 0.3 is 0 Å². The summed E-state index contributed by atoms with van der Waals surface area (Å²) in [6, 6.07) is 11.5. The molecule has 1 N–H and O–H groups in total. The molecule has 2 aromatic heterocycles. The molecule has 18 heavy (non-hydrogen) atoms. The van der Waals surface area contributed by atoms with Gasteiger partial charge in [-0.25, -0.2) is 15.0 Å². The van der Waals surface area contributed by atoms with Crippen molar-refractivity contribution in [3.05, 3.63) is 48.8 Å². The van der Waals surface area contributed by atoms with E-state index in [2.05, 4.69) is 25.1 Å². The Hall–Kier alpha value is -2.27. The van der Waals surface area contributed by atoms with Crippen LogP contribution in [0.1, 0.15) is 0 Å².